The van der Waals surface area contributed by atoms with Gasteiger partial charge in [-0.1, -0.05) is 13.8 Å². The topological polar surface area (TPSA) is 83.0 Å². The molecule has 0 saturated carbocycles. The van der Waals surface area contributed by atoms with Crippen LogP contribution in [-0.2, 0) is 41.3 Å². The van der Waals surface area contributed by atoms with E-state index in [-0.39, 0.29) is 11.5 Å². The van der Waals surface area contributed by atoms with E-state index in [1.54, 1.807) is 6.92 Å². The maximum atomic E-state index is 12.6. The molecule has 3 aliphatic rings. The maximum absolute atomic E-state index is 12.6. The molecule has 24 heavy (non-hydrogen) atoms. The van der Waals surface area contributed by atoms with Gasteiger partial charge in [0.2, 0.25) is 6.29 Å². The Bertz CT molecular complexity index is 368. The van der Waals surface area contributed by atoms with Crippen molar-refractivity contribution in [3.63, 3.8) is 0 Å². The van der Waals surface area contributed by atoms with Gasteiger partial charge < -0.3 is 23.3 Å². The number of rotatable bonds is 5. The van der Waals surface area contributed by atoms with Crippen LogP contribution in [0.2, 0.25) is 0 Å². The summed E-state index contributed by atoms with van der Waals surface area (Å²) in [5.41, 5.74) is 0. The Labute approximate surface area is 151 Å². The predicted octanol–water partition coefficient (Wildman–Crippen LogP) is 2.26. The van der Waals surface area contributed by atoms with Crippen LogP contribution >= 0.6 is 0 Å². The molecule has 0 aromatic rings. The lowest BCUT2D eigenvalue weighted by Gasteiger charge is -2.28. The largest absolute Gasteiger partial charge is 0.610 e. The van der Waals surface area contributed by atoms with E-state index in [2.05, 4.69) is 0 Å². The average Bonchev–Trinajstić information content (AvgIpc) is 2.90. The van der Waals surface area contributed by atoms with Crippen molar-refractivity contribution < 1.29 is 28.1 Å². The highest BCUT2D eigenvalue weighted by Gasteiger charge is 2.64. The second kappa shape index (κ2) is 9.97. The van der Waals surface area contributed by atoms with Gasteiger partial charge in [-0.25, -0.2) is 0 Å². The minimum Gasteiger partial charge on any atom is -0.610 e. The van der Waals surface area contributed by atoms with Crippen LogP contribution in [0.4, 0.5) is 0 Å². The zero-order chi connectivity index (χ0) is 17.6. The van der Waals surface area contributed by atoms with Gasteiger partial charge in [-0.05, 0) is 25.7 Å². The summed E-state index contributed by atoms with van der Waals surface area (Å²) in [6.45, 7) is 7.32. The van der Waals surface area contributed by atoms with Gasteiger partial charge in [-0.2, -0.15) is 0 Å². The molecule has 0 amide bonds. The Morgan fingerprint density at radius 2 is 1.92 bits per heavy atom. The van der Waals surface area contributed by atoms with E-state index in [1.165, 1.54) is 0 Å². The van der Waals surface area contributed by atoms with Crippen molar-refractivity contribution in [2.24, 2.45) is 0 Å². The summed E-state index contributed by atoms with van der Waals surface area (Å²) in [4.78, 5) is 0. The van der Waals surface area contributed by atoms with Crippen LogP contribution in [0.5, 0.6) is 0 Å². The predicted molar refractivity (Wildman–Crippen MR) is 94.3 cm³/mol. The van der Waals surface area contributed by atoms with Crippen LogP contribution in [0.1, 0.15) is 52.9 Å². The molecule has 0 N–H and O–H groups in total. The van der Waals surface area contributed by atoms with Crippen LogP contribution in [-0.4, -0.2) is 56.8 Å². The molecule has 6 unspecified atom stereocenters. The normalized spacial score (nSPS) is 40.4. The molecule has 0 bridgehead atoms. The number of hydrogen-bond acceptors (Lipinski definition) is 6. The standard InChI is InChI=1S/C14H24O6S2.C2H6/c1-14(20-13-11(22(14)16)5-4-8-19-13)21(15)10-9-18-12-6-2-3-7-17-12;1-2/h11-13H,2-10H2,1H3;1-2H3. The summed E-state index contributed by atoms with van der Waals surface area (Å²) in [7, 11) is 0. The van der Waals surface area contributed by atoms with Crippen LogP contribution in [0, 0.1) is 0 Å². The van der Waals surface area contributed by atoms with Crippen LogP contribution in [0.15, 0.2) is 0 Å². The molecule has 6 nitrogen and oxygen atoms in total. The van der Waals surface area contributed by atoms with Gasteiger partial charge in [-0.3, -0.25) is 4.74 Å². The second-order valence-corrected chi connectivity index (χ2v) is 10.0. The van der Waals surface area contributed by atoms with Gasteiger partial charge in [0, 0.05) is 35.4 Å². The molecule has 3 rings (SSSR count). The zero-order valence-corrected chi connectivity index (χ0v) is 16.5. The molecule has 8 heteroatoms. The summed E-state index contributed by atoms with van der Waals surface area (Å²) in [6.07, 6.45) is 4.05. The van der Waals surface area contributed by atoms with Gasteiger partial charge in [0.05, 0.1) is 20.1 Å². The maximum Gasteiger partial charge on any atom is 0.379 e. The Morgan fingerprint density at radius 3 is 2.58 bits per heavy atom. The summed E-state index contributed by atoms with van der Waals surface area (Å²) >= 11 is -2.71. The molecular formula is C16H30O6S2. The van der Waals surface area contributed by atoms with Crippen molar-refractivity contribution in [3.05, 3.63) is 0 Å². The highest BCUT2D eigenvalue weighted by molar-refractivity contribution is 8.10. The van der Waals surface area contributed by atoms with Gasteiger partial charge in [0.1, 0.15) is 5.75 Å². The third-order valence-electron chi connectivity index (χ3n) is 4.31. The van der Waals surface area contributed by atoms with Gasteiger partial charge in [-0.15, -0.1) is 0 Å². The van der Waals surface area contributed by atoms with Crippen LogP contribution in [0.3, 0.4) is 0 Å². The van der Waals surface area contributed by atoms with E-state index in [0.29, 0.717) is 19.0 Å². The highest BCUT2D eigenvalue weighted by Crippen LogP contribution is 2.43. The van der Waals surface area contributed by atoms with Crippen LogP contribution in [0.25, 0.3) is 0 Å². The summed E-state index contributed by atoms with van der Waals surface area (Å²) in [5, 5.41) is -0.162. The monoisotopic (exact) mass is 382 g/mol. The van der Waals surface area contributed by atoms with Crippen molar-refractivity contribution in [1.29, 1.82) is 0 Å². The highest BCUT2D eigenvalue weighted by atomic mass is 32.3. The lowest BCUT2D eigenvalue weighted by molar-refractivity contribution is -0.161. The lowest BCUT2D eigenvalue weighted by Crippen LogP contribution is -2.45. The smallest absolute Gasteiger partial charge is 0.379 e. The molecule has 0 spiro atoms. The molecule has 0 aliphatic carbocycles. The molecule has 142 valence electrons. The number of hydrogen-bond donors (Lipinski definition) is 0. The van der Waals surface area contributed by atoms with Crippen LogP contribution < -0.4 is 0 Å². The SMILES string of the molecule is CC.CC1([S+]([O-])CCOC2CCCCO2)OC2OCCCC2[S+]1[O-]. The molecular weight excluding hydrogens is 352 g/mol. The Morgan fingerprint density at radius 1 is 1.17 bits per heavy atom. The van der Waals surface area contributed by atoms with E-state index >= 15 is 0 Å². The van der Waals surface area contributed by atoms with E-state index in [0.717, 1.165) is 38.7 Å². The molecule has 3 saturated heterocycles. The summed E-state index contributed by atoms with van der Waals surface area (Å²) in [5.74, 6) is 0.293. The Hall–Kier alpha value is 0.460. The first-order valence-electron chi connectivity index (χ1n) is 8.93. The molecule has 0 aromatic heterocycles. The van der Waals surface area contributed by atoms with Gasteiger partial charge in [0.25, 0.3) is 0 Å². The van der Waals surface area contributed by atoms with Crippen molar-refractivity contribution >= 4 is 22.4 Å². The van der Waals surface area contributed by atoms with Crippen molar-refractivity contribution in [3.8, 4) is 0 Å². The minimum atomic E-state index is -1.40. The first-order chi connectivity index (χ1) is 11.6. The van der Waals surface area contributed by atoms with E-state index in [1.807, 2.05) is 13.8 Å². The third-order valence-corrected chi connectivity index (χ3v) is 8.66. The van der Waals surface area contributed by atoms with Crippen molar-refractivity contribution in [2.45, 2.75) is 75.0 Å². The third kappa shape index (κ3) is 4.79. The first kappa shape index (κ1) is 20.8. The molecule has 3 heterocycles. The molecule has 3 fully saturated rings. The van der Waals surface area contributed by atoms with E-state index < -0.39 is 32.9 Å². The molecule has 6 atom stereocenters. The molecule has 3 aliphatic heterocycles. The fourth-order valence-corrected chi connectivity index (χ4v) is 6.64. The fraction of sp³-hybridized carbons (Fsp3) is 1.00. The quantitative estimate of drug-likeness (QED) is 0.678. The molecule has 0 aromatic carbocycles. The zero-order valence-electron chi connectivity index (χ0n) is 14.9. The van der Waals surface area contributed by atoms with Crippen molar-refractivity contribution in [1.82, 2.24) is 0 Å². The van der Waals surface area contributed by atoms with E-state index in [4.69, 9.17) is 18.9 Å². The average molecular weight is 383 g/mol. The fourth-order valence-electron chi connectivity index (χ4n) is 3.01. The number of ether oxygens (including phenoxy) is 4. The Balaban J connectivity index is 0.00000100. The molecule has 0 radical (unpaired) electrons. The minimum absolute atomic E-state index is 0.162. The Kier molecular flexibility index (Phi) is 8.62. The second-order valence-electron chi connectivity index (χ2n) is 5.91. The van der Waals surface area contributed by atoms with Gasteiger partial charge >= 0.3 is 4.27 Å². The van der Waals surface area contributed by atoms with Gasteiger partial charge in [0.15, 0.2) is 11.5 Å². The summed E-state index contributed by atoms with van der Waals surface area (Å²) < 4.78 is 46.4. The first-order valence-corrected chi connectivity index (χ1v) is 11.5. The van der Waals surface area contributed by atoms with Crippen molar-refractivity contribution in [2.75, 3.05) is 25.6 Å². The number of fused-ring (bicyclic) bond motifs is 1. The lowest BCUT2D eigenvalue weighted by atomic mass is 10.2. The van der Waals surface area contributed by atoms with E-state index in [9.17, 15) is 9.11 Å². The summed E-state index contributed by atoms with van der Waals surface area (Å²) in [6, 6.07) is 0.